The Balaban J connectivity index is 1.87. The van der Waals surface area contributed by atoms with Crippen molar-refractivity contribution in [3.05, 3.63) is 52.6 Å². The molecule has 0 atom stereocenters. The minimum atomic E-state index is -0.936. The van der Waals surface area contributed by atoms with Crippen molar-refractivity contribution in [1.82, 2.24) is 0 Å². The summed E-state index contributed by atoms with van der Waals surface area (Å²) in [6.07, 6.45) is 12.1. The van der Waals surface area contributed by atoms with Crippen LogP contribution in [0, 0.1) is 16.2 Å². The predicted octanol–water partition coefficient (Wildman–Crippen LogP) is 7.47. The summed E-state index contributed by atoms with van der Waals surface area (Å²) in [5.74, 6) is -0.707. The third-order valence-corrected chi connectivity index (χ3v) is 7.77. The number of hydrogen-bond acceptors (Lipinski definition) is 2. The van der Waals surface area contributed by atoms with Crippen molar-refractivity contribution < 1.29 is 14.7 Å². The normalized spacial score (nSPS) is 21.3. The van der Waals surface area contributed by atoms with Crippen LogP contribution in [-0.4, -0.2) is 16.9 Å². The van der Waals surface area contributed by atoms with Crippen LogP contribution < -0.4 is 0 Å². The molecule has 0 heterocycles. The van der Waals surface area contributed by atoms with Gasteiger partial charge >= 0.3 is 5.97 Å². The number of carboxylic acid groups (broad SMARTS) is 1. The molecule has 0 bridgehead atoms. The Hall–Kier alpha value is -2.16. The Kier molecular flexibility index (Phi) is 6.64. The van der Waals surface area contributed by atoms with E-state index in [1.807, 2.05) is 6.08 Å². The molecule has 0 spiro atoms. The van der Waals surface area contributed by atoms with Gasteiger partial charge in [0.1, 0.15) is 0 Å². The summed E-state index contributed by atoms with van der Waals surface area (Å²) in [6, 6.07) is 6.71. The number of aromatic carboxylic acids is 1. The fourth-order valence-corrected chi connectivity index (χ4v) is 5.45. The van der Waals surface area contributed by atoms with E-state index in [0.29, 0.717) is 0 Å². The van der Waals surface area contributed by atoms with Gasteiger partial charge < -0.3 is 5.11 Å². The minimum absolute atomic E-state index is 0.175. The van der Waals surface area contributed by atoms with Gasteiger partial charge in [-0.25, -0.2) is 4.79 Å². The van der Waals surface area contributed by atoms with Crippen LogP contribution in [0.2, 0.25) is 0 Å². The smallest absolute Gasteiger partial charge is 0.335 e. The molecule has 0 amide bonds. The largest absolute Gasteiger partial charge is 0.478 e. The Morgan fingerprint density at radius 2 is 1.48 bits per heavy atom. The lowest BCUT2D eigenvalue weighted by atomic mass is 9.64. The highest BCUT2D eigenvalue weighted by atomic mass is 16.4. The first-order chi connectivity index (χ1) is 14.5. The molecule has 1 N–H and O–H groups in total. The van der Waals surface area contributed by atoms with Crippen molar-refractivity contribution >= 4 is 17.8 Å². The highest BCUT2D eigenvalue weighted by Gasteiger charge is 2.51. The molecule has 1 aromatic rings. The third kappa shape index (κ3) is 4.86. The molecule has 3 rings (SSSR count). The zero-order valence-electron chi connectivity index (χ0n) is 19.9. The van der Waals surface area contributed by atoms with E-state index < -0.39 is 5.97 Å². The number of carboxylic acids is 1. The lowest BCUT2D eigenvalue weighted by Crippen LogP contribution is -2.28. The molecule has 3 nitrogen and oxygen atoms in total. The van der Waals surface area contributed by atoms with Gasteiger partial charge in [-0.2, -0.15) is 0 Å². The lowest BCUT2D eigenvalue weighted by Gasteiger charge is -2.41. The van der Waals surface area contributed by atoms with Crippen LogP contribution in [-0.2, 0) is 4.79 Å². The van der Waals surface area contributed by atoms with Gasteiger partial charge in [0.05, 0.1) is 5.56 Å². The number of allylic oxidation sites excluding steroid dienone is 3. The summed E-state index contributed by atoms with van der Waals surface area (Å²) < 4.78 is 0. The van der Waals surface area contributed by atoms with E-state index >= 15 is 0 Å². The molecule has 1 aromatic carbocycles. The molecule has 0 aliphatic heterocycles. The molecule has 31 heavy (non-hydrogen) atoms. The molecule has 3 heteroatoms. The second-order valence-corrected chi connectivity index (χ2v) is 10.9. The van der Waals surface area contributed by atoms with Crippen LogP contribution in [0.15, 0.2) is 41.5 Å². The number of hydrogen-bond donors (Lipinski definition) is 1. The average molecular weight is 423 g/mol. The molecule has 0 saturated heterocycles. The first kappa shape index (κ1) is 23.5. The molecule has 2 aliphatic rings. The first-order valence-corrected chi connectivity index (χ1v) is 11.8. The summed E-state index contributed by atoms with van der Waals surface area (Å²) in [5.41, 5.74) is 4.22. The number of unbranched alkanes of at least 4 members (excludes halogenated alkanes) is 2. The SMILES string of the molecule is CCCCCC1(C(=O)C=Cc2ccc(C(=O)O)cc2)CC2=C(C1)C(C)(C)CCC2(C)C. The fraction of sp³-hybridized carbons (Fsp3) is 0.571. The quantitative estimate of drug-likeness (QED) is 0.268. The van der Waals surface area contributed by atoms with E-state index in [0.717, 1.165) is 44.1 Å². The monoisotopic (exact) mass is 422 g/mol. The molecule has 0 aromatic heterocycles. The van der Waals surface area contributed by atoms with Crippen molar-refractivity contribution in [1.29, 1.82) is 0 Å². The van der Waals surface area contributed by atoms with Gasteiger partial charge in [-0.3, -0.25) is 4.79 Å². The van der Waals surface area contributed by atoms with Gasteiger partial charge in [-0.05, 0) is 66.7 Å². The number of benzene rings is 1. The van der Waals surface area contributed by atoms with E-state index in [1.54, 1.807) is 30.3 Å². The highest BCUT2D eigenvalue weighted by molar-refractivity contribution is 5.99. The van der Waals surface area contributed by atoms with Crippen LogP contribution in [0.4, 0.5) is 0 Å². The fourth-order valence-electron chi connectivity index (χ4n) is 5.45. The van der Waals surface area contributed by atoms with Crippen molar-refractivity contribution in [3.63, 3.8) is 0 Å². The van der Waals surface area contributed by atoms with Crippen molar-refractivity contribution in [2.24, 2.45) is 16.2 Å². The molecular formula is C28H38O3. The van der Waals surface area contributed by atoms with Crippen LogP contribution >= 0.6 is 0 Å². The topological polar surface area (TPSA) is 54.4 Å². The maximum Gasteiger partial charge on any atom is 0.335 e. The van der Waals surface area contributed by atoms with E-state index in [-0.39, 0.29) is 27.6 Å². The Morgan fingerprint density at radius 1 is 0.935 bits per heavy atom. The summed E-state index contributed by atoms with van der Waals surface area (Å²) >= 11 is 0. The Labute approximate surface area is 187 Å². The van der Waals surface area contributed by atoms with Crippen LogP contribution in [0.25, 0.3) is 6.08 Å². The molecule has 0 radical (unpaired) electrons. The minimum Gasteiger partial charge on any atom is -0.478 e. The summed E-state index contributed by atoms with van der Waals surface area (Å²) in [4.78, 5) is 24.7. The van der Waals surface area contributed by atoms with E-state index in [9.17, 15) is 9.59 Å². The second-order valence-electron chi connectivity index (χ2n) is 10.9. The zero-order chi connectivity index (χ0) is 22.9. The molecule has 2 aliphatic carbocycles. The molecule has 168 valence electrons. The average Bonchev–Trinajstić information content (AvgIpc) is 3.14. The third-order valence-electron chi connectivity index (χ3n) is 7.77. The van der Waals surface area contributed by atoms with Crippen LogP contribution in [0.3, 0.4) is 0 Å². The number of ketones is 1. The molecule has 0 fully saturated rings. The summed E-state index contributed by atoms with van der Waals surface area (Å²) in [6.45, 7) is 11.6. The highest BCUT2D eigenvalue weighted by Crippen LogP contribution is 2.61. The summed E-state index contributed by atoms with van der Waals surface area (Å²) in [7, 11) is 0. The Bertz CT molecular complexity index is 869. The zero-order valence-corrected chi connectivity index (χ0v) is 19.9. The Morgan fingerprint density at radius 3 is 1.97 bits per heavy atom. The second kappa shape index (κ2) is 8.76. The molecule has 0 unspecified atom stereocenters. The van der Waals surface area contributed by atoms with Crippen LogP contribution in [0.1, 0.15) is 102 Å². The summed E-state index contributed by atoms with van der Waals surface area (Å²) in [5, 5.41) is 9.08. The van der Waals surface area contributed by atoms with E-state index in [4.69, 9.17) is 5.11 Å². The van der Waals surface area contributed by atoms with Gasteiger partial charge in [0, 0.05) is 5.41 Å². The maximum atomic E-state index is 13.7. The van der Waals surface area contributed by atoms with Gasteiger partial charge in [0.2, 0.25) is 0 Å². The van der Waals surface area contributed by atoms with Crippen molar-refractivity contribution in [2.75, 3.05) is 0 Å². The van der Waals surface area contributed by atoms with Crippen molar-refractivity contribution in [3.8, 4) is 0 Å². The van der Waals surface area contributed by atoms with Crippen LogP contribution in [0.5, 0.6) is 0 Å². The maximum absolute atomic E-state index is 13.7. The number of carbonyl (C=O) groups excluding carboxylic acids is 1. The number of rotatable bonds is 8. The van der Waals surface area contributed by atoms with E-state index in [1.165, 1.54) is 24.0 Å². The van der Waals surface area contributed by atoms with Gasteiger partial charge in [0.25, 0.3) is 0 Å². The van der Waals surface area contributed by atoms with Crippen molar-refractivity contribution in [2.45, 2.75) is 86.0 Å². The lowest BCUT2D eigenvalue weighted by molar-refractivity contribution is -0.123. The van der Waals surface area contributed by atoms with E-state index in [2.05, 4.69) is 34.6 Å². The number of carbonyl (C=O) groups is 2. The van der Waals surface area contributed by atoms with Gasteiger partial charge in [-0.15, -0.1) is 0 Å². The molecule has 0 saturated carbocycles. The standard InChI is InChI=1S/C28H38O3/c1-6-7-8-15-28(18-22-23(19-28)27(4,5)17-16-26(22,2)3)24(29)14-11-20-9-12-21(13-10-20)25(30)31/h9-14H,6-8,15-19H2,1-5H3,(H,30,31). The van der Waals surface area contributed by atoms with Gasteiger partial charge in [-0.1, -0.05) is 83.2 Å². The first-order valence-electron chi connectivity index (χ1n) is 11.8. The van der Waals surface area contributed by atoms with Gasteiger partial charge in [0.15, 0.2) is 5.78 Å². The predicted molar refractivity (Wildman–Crippen MR) is 127 cm³/mol. The molecular weight excluding hydrogens is 384 g/mol.